The van der Waals surface area contributed by atoms with E-state index >= 15 is 0 Å². The fourth-order valence-electron chi connectivity index (χ4n) is 2.15. The van der Waals surface area contributed by atoms with Crippen LogP contribution in [0.4, 0.5) is 0 Å². The van der Waals surface area contributed by atoms with Crippen molar-refractivity contribution >= 4 is 37.6 Å². The Balaban J connectivity index is 1.99. The maximum Gasteiger partial charge on any atom is 0.225 e. The zero-order valence-corrected chi connectivity index (χ0v) is 13.9. The van der Waals surface area contributed by atoms with Crippen molar-refractivity contribution in [3.05, 3.63) is 57.8 Å². The monoisotopic (exact) mass is 381 g/mol. The first-order valence-corrected chi connectivity index (χ1v) is 9.05. The zero-order valence-electron chi connectivity index (χ0n) is 11.5. The number of halogens is 1. The topological polar surface area (TPSA) is 76.5 Å². The molecular weight excluding hydrogens is 370 g/mol. The summed E-state index contributed by atoms with van der Waals surface area (Å²) >= 11 is 3.38. The van der Waals surface area contributed by atoms with Gasteiger partial charge in [-0.15, -0.1) is 0 Å². The van der Waals surface area contributed by atoms with E-state index in [1.54, 1.807) is 18.2 Å². The van der Waals surface area contributed by atoms with E-state index in [9.17, 15) is 13.5 Å². The first-order valence-electron chi connectivity index (χ1n) is 6.37. The van der Waals surface area contributed by atoms with Gasteiger partial charge in [0.1, 0.15) is 5.76 Å². The first kappa shape index (κ1) is 15.2. The molecule has 0 bridgehead atoms. The van der Waals surface area contributed by atoms with Gasteiger partial charge in [-0.05, 0) is 24.3 Å². The van der Waals surface area contributed by atoms with Gasteiger partial charge >= 0.3 is 0 Å². The highest BCUT2D eigenvalue weighted by Crippen LogP contribution is 2.39. The second kappa shape index (κ2) is 5.49. The Bertz CT molecular complexity index is 860. The Hall–Kier alpha value is -1.70. The van der Waals surface area contributed by atoms with Gasteiger partial charge < -0.3 is 9.84 Å². The van der Waals surface area contributed by atoms with Crippen molar-refractivity contribution in [2.45, 2.75) is 11.2 Å². The van der Waals surface area contributed by atoms with Gasteiger partial charge in [0.25, 0.3) is 0 Å². The average Bonchev–Trinajstić information content (AvgIpc) is 2.74. The third kappa shape index (κ3) is 2.92. The molecule has 3 rings (SSSR count). The molecule has 2 heterocycles. The molecule has 1 aliphatic heterocycles. The van der Waals surface area contributed by atoms with Gasteiger partial charge in [0.15, 0.2) is 9.84 Å². The van der Waals surface area contributed by atoms with E-state index in [0.717, 1.165) is 16.3 Å². The fraction of sp³-hybridized carbons (Fsp3) is 0.133. The van der Waals surface area contributed by atoms with E-state index in [1.165, 1.54) is 12.3 Å². The minimum Gasteiger partial charge on any atom is -0.460 e. The molecule has 0 spiro atoms. The van der Waals surface area contributed by atoms with Crippen LogP contribution in [0.25, 0.3) is 11.8 Å². The Labute approximate surface area is 136 Å². The number of aromatic nitrogens is 1. The third-order valence-electron chi connectivity index (χ3n) is 3.25. The predicted molar refractivity (Wildman–Crippen MR) is 85.4 cm³/mol. The molecule has 2 aromatic rings. The van der Waals surface area contributed by atoms with E-state index < -0.39 is 16.1 Å². The SMILES string of the molecule is CS(=O)(=O)c1ccc(/C=C2\OC(O)c3ccc(Br)cc32)nc1. The predicted octanol–water partition coefficient (Wildman–Crippen LogP) is 2.77. The van der Waals surface area contributed by atoms with E-state index in [-0.39, 0.29) is 4.90 Å². The smallest absolute Gasteiger partial charge is 0.225 e. The lowest BCUT2D eigenvalue weighted by molar-refractivity contribution is -0.0289. The van der Waals surface area contributed by atoms with E-state index in [0.29, 0.717) is 17.0 Å². The van der Waals surface area contributed by atoms with Crippen molar-refractivity contribution in [1.29, 1.82) is 0 Å². The van der Waals surface area contributed by atoms with Crippen LogP contribution >= 0.6 is 15.9 Å². The summed E-state index contributed by atoms with van der Waals surface area (Å²) in [5.74, 6) is 0.489. The molecule has 1 aliphatic rings. The van der Waals surface area contributed by atoms with Crippen molar-refractivity contribution in [2.75, 3.05) is 6.26 Å². The number of benzene rings is 1. The molecule has 0 radical (unpaired) electrons. The lowest BCUT2D eigenvalue weighted by Crippen LogP contribution is -1.98. The molecule has 7 heteroatoms. The third-order valence-corrected chi connectivity index (χ3v) is 4.84. The normalized spacial score (nSPS) is 19.0. The van der Waals surface area contributed by atoms with Gasteiger partial charge in [-0.2, -0.15) is 0 Å². The number of nitrogens with zero attached hydrogens (tertiary/aromatic N) is 1. The molecule has 5 nitrogen and oxygen atoms in total. The number of pyridine rings is 1. The van der Waals surface area contributed by atoms with Crippen LogP contribution in [0.5, 0.6) is 0 Å². The molecular formula is C15H12BrNO4S. The number of hydrogen-bond donors (Lipinski definition) is 1. The number of hydrogen-bond acceptors (Lipinski definition) is 5. The first-order chi connectivity index (χ1) is 10.3. The Morgan fingerprint density at radius 3 is 2.73 bits per heavy atom. The van der Waals surface area contributed by atoms with Crippen molar-refractivity contribution in [3.8, 4) is 0 Å². The number of rotatable bonds is 2. The van der Waals surface area contributed by atoms with Gasteiger partial charge in [0.2, 0.25) is 6.29 Å². The highest BCUT2D eigenvalue weighted by molar-refractivity contribution is 9.10. The van der Waals surface area contributed by atoms with Crippen LogP contribution in [0, 0.1) is 0 Å². The average molecular weight is 382 g/mol. The standard InChI is InChI=1S/C15H12BrNO4S/c1-22(19,20)11-4-3-10(17-8-11)7-14-13-6-9(16)2-5-12(13)15(18)21-14/h2-8,15,18H,1H3/b14-7-. The lowest BCUT2D eigenvalue weighted by atomic mass is 10.1. The number of ether oxygens (including phenoxy) is 1. The summed E-state index contributed by atoms with van der Waals surface area (Å²) in [4.78, 5) is 4.26. The molecule has 0 amide bonds. The molecule has 1 aromatic carbocycles. The second-order valence-electron chi connectivity index (χ2n) is 4.90. The van der Waals surface area contributed by atoms with Crippen LogP contribution in [0.15, 0.2) is 45.9 Å². The summed E-state index contributed by atoms with van der Waals surface area (Å²) < 4.78 is 29.1. The molecule has 0 saturated carbocycles. The summed E-state index contributed by atoms with van der Waals surface area (Å²) in [6.45, 7) is 0. The number of aliphatic hydroxyl groups is 1. The van der Waals surface area contributed by atoms with Crippen LogP contribution in [0.1, 0.15) is 23.1 Å². The lowest BCUT2D eigenvalue weighted by Gasteiger charge is -2.03. The van der Waals surface area contributed by atoms with E-state index in [4.69, 9.17) is 4.74 Å². The quantitative estimate of drug-likeness (QED) is 0.865. The Kier molecular flexibility index (Phi) is 3.80. The number of sulfone groups is 1. The zero-order chi connectivity index (χ0) is 15.9. The summed E-state index contributed by atoms with van der Waals surface area (Å²) in [5.41, 5.74) is 2.00. The minimum absolute atomic E-state index is 0.158. The summed E-state index contributed by atoms with van der Waals surface area (Å²) in [7, 11) is -3.27. The van der Waals surface area contributed by atoms with Crippen LogP contribution in [-0.2, 0) is 14.6 Å². The molecule has 0 aliphatic carbocycles. The number of aliphatic hydroxyl groups excluding tert-OH is 1. The minimum atomic E-state index is -3.27. The van der Waals surface area contributed by atoms with Gasteiger partial charge in [0, 0.05) is 34.1 Å². The van der Waals surface area contributed by atoms with Gasteiger partial charge in [-0.1, -0.05) is 22.0 Å². The van der Waals surface area contributed by atoms with Crippen molar-refractivity contribution in [3.63, 3.8) is 0 Å². The van der Waals surface area contributed by atoms with E-state index in [2.05, 4.69) is 20.9 Å². The summed E-state index contributed by atoms with van der Waals surface area (Å²) in [6, 6.07) is 8.54. The second-order valence-corrected chi connectivity index (χ2v) is 7.83. The molecule has 22 heavy (non-hydrogen) atoms. The van der Waals surface area contributed by atoms with Crippen LogP contribution in [0.2, 0.25) is 0 Å². The summed E-state index contributed by atoms with van der Waals surface area (Å²) in [6.07, 6.45) is 3.08. The highest BCUT2D eigenvalue weighted by Gasteiger charge is 2.26. The van der Waals surface area contributed by atoms with Crippen molar-refractivity contribution in [2.24, 2.45) is 0 Å². The molecule has 1 atom stereocenters. The van der Waals surface area contributed by atoms with Crippen LogP contribution < -0.4 is 0 Å². The molecule has 114 valence electrons. The Morgan fingerprint density at radius 2 is 2.09 bits per heavy atom. The number of fused-ring (bicyclic) bond motifs is 1. The molecule has 1 unspecified atom stereocenters. The maximum atomic E-state index is 11.4. The van der Waals surface area contributed by atoms with Crippen molar-refractivity contribution < 1.29 is 18.3 Å². The van der Waals surface area contributed by atoms with E-state index in [1.807, 2.05) is 12.1 Å². The summed E-state index contributed by atoms with van der Waals surface area (Å²) in [5, 5.41) is 9.89. The Morgan fingerprint density at radius 1 is 1.32 bits per heavy atom. The fourth-order valence-corrected chi connectivity index (χ4v) is 3.07. The van der Waals surface area contributed by atoms with Crippen LogP contribution in [0.3, 0.4) is 0 Å². The van der Waals surface area contributed by atoms with Gasteiger partial charge in [-0.25, -0.2) is 8.42 Å². The molecule has 1 aromatic heterocycles. The van der Waals surface area contributed by atoms with Gasteiger partial charge in [-0.3, -0.25) is 4.98 Å². The largest absolute Gasteiger partial charge is 0.460 e. The van der Waals surface area contributed by atoms with Crippen molar-refractivity contribution in [1.82, 2.24) is 4.98 Å². The highest BCUT2D eigenvalue weighted by atomic mass is 79.9. The van der Waals surface area contributed by atoms with Crippen LogP contribution in [-0.4, -0.2) is 24.8 Å². The molecule has 0 fully saturated rings. The van der Waals surface area contributed by atoms with Gasteiger partial charge in [0.05, 0.1) is 10.6 Å². The molecule has 0 saturated heterocycles. The molecule has 1 N–H and O–H groups in total. The maximum absolute atomic E-state index is 11.4.